The third-order valence-corrected chi connectivity index (χ3v) is 3.18. The average molecular weight is 276 g/mol. The van der Waals surface area contributed by atoms with E-state index < -0.39 is 12.0 Å². The fourth-order valence-electron chi connectivity index (χ4n) is 2.17. The largest absolute Gasteiger partial charge is 0.481 e. The number of rotatable bonds is 5. The Hall–Kier alpha value is -2.37. The van der Waals surface area contributed by atoms with Gasteiger partial charge in [0.25, 0.3) is 0 Å². The van der Waals surface area contributed by atoms with Gasteiger partial charge in [-0.05, 0) is 18.6 Å². The average Bonchev–Trinajstić information content (AvgIpc) is 2.86. The summed E-state index contributed by atoms with van der Waals surface area (Å²) in [4.78, 5) is 35.8. The van der Waals surface area contributed by atoms with Crippen LogP contribution in [0, 0.1) is 0 Å². The molecule has 0 spiro atoms. The molecule has 0 bridgehead atoms. The summed E-state index contributed by atoms with van der Waals surface area (Å²) in [6.07, 6.45) is 0.646. The smallest absolute Gasteiger partial charge is 0.305 e. The van der Waals surface area contributed by atoms with Crippen molar-refractivity contribution in [1.29, 1.82) is 0 Å². The first-order chi connectivity index (χ1) is 9.58. The van der Waals surface area contributed by atoms with Crippen LogP contribution in [0.5, 0.6) is 0 Å². The minimum Gasteiger partial charge on any atom is -0.481 e. The summed E-state index contributed by atoms with van der Waals surface area (Å²) in [5.74, 6) is -1.37. The Morgan fingerprint density at radius 3 is 2.55 bits per heavy atom. The van der Waals surface area contributed by atoms with E-state index in [-0.39, 0.29) is 24.8 Å². The first-order valence-electron chi connectivity index (χ1n) is 6.45. The zero-order chi connectivity index (χ0) is 14.5. The lowest BCUT2D eigenvalue weighted by Gasteiger charge is -2.25. The number of benzene rings is 1. The van der Waals surface area contributed by atoms with Gasteiger partial charge in [0.05, 0.1) is 6.42 Å². The highest BCUT2D eigenvalue weighted by Crippen LogP contribution is 2.18. The summed E-state index contributed by atoms with van der Waals surface area (Å²) in [6.45, 7) is 0.0878. The first-order valence-corrected chi connectivity index (χ1v) is 6.45. The molecule has 1 unspecified atom stereocenters. The van der Waals surface area contributed by atoms with Crippen LogP contribution in [0.2, 0.25) is 0 Å². The number of carbonyl (C=O) groups excluding carboxylic acids is 2. The topological polar surface area (TPSA) is 86.7 Å². The molecule has 1 atom stereocenters. The Labute approximate surface area is 116 Å². The molecule has 6 nitrogen and oxygen atoms in total. The van der Waals surface area contributed by atoms with Crippen molar-refractivity contribution in [1.82, 2.24) is 5.32 Å². The van der Waals surface area contributed by atoms with Gasteiger partial charge in [-0.25, -0.2) is 0 Å². The number of hydrogen-bond donors (Lipinski definition) is 2. The molecule has 1 aliphatic heterocycles. The van der Waals surface area contributed by atoms with Crippen LogP contribution in [0.25, 0.3) is 0 Å². The summed E-state index contributed by atoms with van der Waals surface area (Å²) in [5, 5.41) is 11.4. The molecule has 106 valence electrons. The maximum Gasteiger partial charge on any atom is 0.305 e. The lowest BCUT2D eigenvalue weighted by Crippen LogP contribution is -2.45. The number of para-hydroxylation sites is 1. The molecule has 0 saturated carbocycles. The van der Waals surface area contributed by atoms with E-state index >= 15 is 0 Å². The Morgan fingerprint density at radius 1 is 1.30 bits per heavy atom. The molecule has 1 saturated heterocycles. The number of carboxylic acid groups (broad SMARTS) is 1. The van der Waals surface area contributed by atoms with E-state index in [4.69, 9.17) is 5.11 Å². The van der Waals surface area contributed by atoms with Crippen LogP contribution in [0.15, 0.2) is 30.3 Å². The zero-order valence-electron chi connectivity index (χ0n) is 10.9. The molecule has 2 amide bonds. The molecule has 1 aliphatic rings. The van der Waals surface area contributed by atoms with Crippen LogP contribution >= 0.6 is 0 Å². The second-order valence-corrected chi connectivity index (χ2v) is 4.63. The second-order valence-electron chi connectivity index (χ2n) is 4.63. The lowest BCUT2D eigenvalue weighted by atomic mass is 10.1. The van der Waals surface area contributed by atoms with Crippen molar-refractivity contribution in [3.05, 3.63) is 30.3 Å². The summed E-state index contributed by atoms with van der Waals surface area (Å²) in [6, 6.07) is 8.32. The molecule has 2 rings (SSSR count). The highest BCUT2D eigenvalue weighted by Gasteiger charge is 2.31. The van der Waals surface area contributed by atoms with Crippen molar-refractivity contribution < 1.29 is 19.5 Å². The maximum absolute atomic E-state index is 12.4. The highest BCUT2D eigenvalue weighted by atomic mass is 16.4. The van der Waals surface area contributed by atoms with Crippen LogP contribution in [0.4, 0.5) is 5.69 Å². The van der Waals surface area contributed by atoms with Crippen molar-refractivity contribution in [2.45, 2.75) is 25.3 Å². The van der Waals surface area contributed by atoms with E-state index in [0.29, 0.717) is 18.5 Å². The molecule has 20 heavy (non-hydrogen) atoms. The van der Waals surface area contributed by atoms with E-state index in [1.54, 1.807) is 24.3 Å². The van der Waals surface area contributed by atoms with E-state index in [1.807, 2.05) is 6.07 Å². The Kier molecular flexibility index (Phi) is 4.34. The fourth-order valence-corrected chi connectivity index (χ4v) is 2.17. The summed E-state index contributed by atoms with van der Waals surface area (Å²) < 4.78 is 0. The van der Waals surface area contributed by atoms with Gasteiger partial charge in [0.15, 0.2) is 0 Å². The standard InChI is InChI=1S/C14H16N2O4/c17-12-7-6-11(15-12)14(20)16(9-8-13(18)19)10-4-2-1-3-5-10/h1-5,11H,6-9H2,(H,15,17)(H,18,19). The van der Waals surface area contributed by atoms with Gasteiger partial charge in [-0.1, -0.05) is 18.2 Å². The number of hydrogen-bond acceptors (Lipinski definition) is 3. The van der Waals surface area contributed by atoms with E-state index in [9.17, 15) is 14.4 Å². The molecule has 1 aromatic carbocycles. The molecule has 0 radical (unpaired) electrons. The molecule has 2 N–H and O–H groups in total. The lowest BCUT2D eigenvalue weighted by molar-refractivity contribution is -0.136. The van der Waals surface area contributed by atoms with Gasteiger partial charge >= 0.3 is 5.97 Å². The number of carboxylic acids is 1. The van der Waals surface area contributed by atoms with Gasteiger partial charge in [-0.2, -0.15) is 0 Å². The third-order valence-electron chi connectivity index (χ3n) is 3.18. The van der Waals surface area contributed by atoms with Gasteiger partial charge < -0.3 is 15.3 Å². The van der Waals surface area contributed by atoms with Gasteiger partial charge in [-0.3, -0.25) is 14.4 Å². The summed E-state index contributed by atoms with van der Waals surface area (Å²) in [5.41, 5.74) is 0.639. The van der Waals surface area contributed by atoms with E-state index in [2.05, 4.69) is 5.32 Å². The highest BCUT2D eigenvalue weighted by molar-refractivity contribution is 6.01. The molecule has 1 aromatic rings. The van der Waals surface area contributed by atoms with E-state index in [1.165, 1.54) is 4.90 Å². The van der Waals surface area contributed by atoms with E-state index in [0.717, 1.165) is 0 Å². The Morgan fingerprint density at radius 2 is 2.00 bits per heavy atom. The molecule has 0 aromatic heterocycles. The second kappa shape index (κ2) is 6.18. The quantitative estimate of drug-likeness (QED) is 0.831. The van der Waals surface area contributed by atoms with Gasteiger partial charge in [0, 0.05) is 18.7 Å². The van der Waals surface area contributed by atoms with Crippen molar-refractivity contribution in [2.24, 2.45) is 0 Å². The number of anilines is 1. The van der Waals surface area contributed by atoms with Gasteiger partial charge in [0.2, 0.25) is 11.8 Å². The van der Waals surface area contributed by atoms with Crippen LogP contribution in [0.3, 0.4) is 0 Å². The summed E-state index contributed by atoms with van der Waals surface area (Å²) >= 11 is 0. The van der Waals surface area contributed by atoms with Crippen LogP contribution in [-0.4, -0.2) is 35.5 Å². The molecular formula is C14H16N2O4. The van der Waals surface area contributed by atoms with Crippen molar-refractivity contribution >= 4 is 23.5 Å². The number of amides is 2. The number of carbonyl (C=O) groups is 3. The van der Waals surface area contributed by atoms with Crippen LogP contribution in [0.1, 0.15) is 19.3 Å². The minimum absolute atomic E-state index is 0.0878. The Balaban J connectivity index is 2.15. The third kappa shape index (κ3) is 3.34. The molecular weight excluding hydrogens is 260 g/mol. The van der Waals surface area contributed by atoms with Gasteiger partial charge in [-0.15, -0.1) is 0 Å². The number of aliphatic carboxylic acids is 1. The monoisotopic (exact) mass is 276 g/mol. The number of nitrogens with zero attached hydrogens (tertiary/aromatic N) is 1. The minimum atomic E-state index is -0.964. The van der Waals surface area contributed by atoms with Crippen molar-refractivity contribution in [3.8, 4) is 0 Å². The predicted octanol–water partition coefficient (Wildman–Crippen LogP) is 0.773. The molecule has 6 heteroatoms. The van der Waals surface area contributed by atoms with Crippen LogP contribution < -0.4 is 10.2 Å². The predicted molar refractivity (Wildman–Crippen MR) is 72.2 cm³/mol. The Bertz CT molecular complexity index is 515. The number of nitrogens with one attached hydrogen (secondary N) is 1. The maximum atomic E-state index is 12.4. The molecule has 1 heterocycles. The SMILES string of the molecule is O=C(O)CCN(C(=O)C1CCC(=O)N1)c1ccccc1. The van der Waals surface area contributed by atoms with Crippen LogP contribution in [-0.2, 0) is 14.4 Å². The molecule has 0 aliphatic carbocycles. The normalized spacial score (nSPS) is 17.6. The summed E-state index contributed by atoms with van der Waals surface area (Å²) in [7, 11) is 0. The zero-order valence-corrected chi connectivity index (χ0v) is 10.9. The van der Waals surface area contributed by atoms with Crippen molar-refractivity contribution in [3.63, 3.8) is 0 Å². The van der Waals surface area contributed by atoms with Gasteiger partial charge in [0.1, 0.15) is 6.04 Å². The first kappa shape index (κ1) is 14.0. The molecule has 1 fully saturated rings. The van der Waals surface area contributed by atoms with Crippen molar-refractivity contribution in [2.75, 3.05) is 11.4 Å². The fraction of sp³-hybridized carbons (Fsp3) is 0.357.